The zero-order valence-corrected chi connectivity index (χ0v) is 12.8. The van der Waals surface area contributed by atoms with Gasteiger partial charge in [0.2, 0.25) is 0 Å². The maximum Gasteiger partial charge on any atom is 0.128 e. The number of ether oxygens (including phenoxy) is 1. The van der Waals surface area contributed by atoms with E-state index in [4.69, 9.17) is 27.9 Å². The van der Waals surface area contributed by atoms with E-state index in [0.717, 1.165) is 0 Å². The number of rotatable bonds is 6. The molecule has 0 radical (unpaired) electrons. The van der Waals surface area contributed by atoms with Crippen molar-refractivity contribution in [2.24, 2.45) is 5.10 Å². The average molecular weight is 338 g/mol. The Hall–Kier alpha value is -2.24. The van der Waals surface area contributed by atoms with Crippen molar-refractivity contribution in [3.8, 4) is 5.75 Å². The molecule has 0 fully saturated rings. The standard InChI is InChI=1S/C15H12Cl2N2O3/c16-11-5-6-13(12(17)7-11)19-18-8-10-3-1-2-4-14(10)22-9-15(20)21/h1-8,19H,9H2,(H,20,21)/p-1/b18-8-. The van der Waals surface area contributed by atoms with E-state index in [9.17, 15) is 9.90 Å². The molecule has 5 nitrogen and oxygen atoms in total. The number of benzene rings is 2. The molecular formula is C15H11Cl2N2O3-. The van der Waals surface area contributed by atoms with E-state index in [1.54, 1.807) is 42.5 Å². The zero-order valence-electron chi connectivity index (χ0n) is 11.3. The van der Waals surface area contributed by atoms with Crippen molar-refractivity contribution in [1.82, 2.24) is 0 Å². The number of hydrazone groups is 1. The fraction of sp³-hybridized carbons (Fsp3) is 0.0667. The highest BCUT2D eigenvalue weighted by Gasteiger charge is 2.02. The maximum atomic E-state index is 10.4. The van der Waals surface area contributed by atoms with Gasteiger partial charge in [-0.1, -0.05) is 35.3 Å². The van der Waals surface area contributed by atoms with Crippen molar-refractivity contribution in [1.29, 1.82) is 0 Å². The fourth-order valence-corrected chi connectivity index (χ4v) is 2.06. The fourth-order valence-electron chi connectivity index (χ4n) is 1.61. The van der Waals surface area contributed by atoms with Crippen molar-refractivity contribution in [3.05, 3.63) is 58.1 Å². The third-order valence-electron chi connectivity index (χ3n) is 2.58. The van der Waals surface area contributed by atoms with E-state index in [1.165, 1.54) is 6.21 Å². The van der Waals surface area contributed by atoms with Crippen LogP contribution < -0.4 is 15.3 Å². The number of hydrogen-bond donors (Lipinski definition) is 1. The second-order valence-electron chi connectivity index (χ2n) is 4.19. The molecule has 0 heterocycles. The molecule has 0 saturated heterocycles. The Morgan fingerprint density at radius 3 is 2.77 bits per heavy atom. The smallest absolute Gasteiger partial charge is 0.128 e. The summed E-state index contributed by atoms with van der Waals surface area (Å²) in [5, 5.41) is 15.4. The van der Waals surface area contributed by atoms with E-state index in [0.29, 0.717) is 27.0 Å². The number of nitrogens with zero attached hydrogens (tertiary/aromatic N) is 1. The Kier molecular flexibility index (Phi) is 5.63. The normalized spacial score (nSPS) is 10.6. The molecule has 2 rings (SSSR count). The molecule has 0 aliphatic rings. The number of para-hydroxylation sites is 1. The summed E-state index contributed by atoms with van der Waals surface area (Å²) in [7, 11) is 0. The number of carboxylic acid groups (broad SMARTS) is 1. The zero-order chi connectivity index (χ0) is 15.9. The van der Waals surface area contributed by atoms with E-state index in [1.807, 2.05) is 0 Å². The lowest BCUT2D eigenvalue weighted by Crippen LogP contribution is -2.29. The van der Waals surface area contributed by atoms with Gasteiger partial charge in [0.15, 0.2) is 0 Å². The van der Waals surface area contributed by atoms with E-state index in [2.05, 4.69) is 10.5 Å². The van der Waals surface area contributed by atoms with E-state index >= 15 is 0 Å². The third kappa shape index (κ3) is 4.65. The van der Waals surface area contributed by atoms with Gasteiger partial charge in [0.25, 0.3) is 0 Å². The van der Waals surface area contributed by atoms with Gasteiger partial charge in [0, 0.05) is 10.6 Å². The molecule has 0 spiro atoms. The highest BCUT2D eigenvalue weighted by Crippen LogP contribution is 2.25. The molecule has 0 saturated carbocycles. The summed E-state index contributed by atoms with van der Waals surface area (Å²) >= 11 is 11.8. The minimum Gasteiger partial charge on any atom is -0.546 e. The predicted octanol–water partition coefficient (Wildman–Crippen LogP) is 2.57. The molecule has 0 aliphatic heterocycles. The van der Waals surface area contributed by atoms with Crippen molar-refractivity contribution in [2.75, 3.05) is 12.0 Å². The molecule has 0 amide bonds. The SMILES string of the molecule is O=C([O-])COc1ccccc1/C=N\Nc1ccc(Cl)cc1Cl. The van der Waals surface area contributed by atoms with Crippen LogP contribution in [-0.4, -0.2) is 18.8 Å². The first kappa shape index (κ1) is 16.1. The highest BCUT2D eigenvalue weighted by molar-refractivity contribution is 6.36. The van der Waals surface area contributed by atoms with Gasteiger partial charge in [-0.25, -0.2) is 0 Å². The van der Waals surface area contributed by atoms with Crippen molar-refractivity contribution in [3.63, 3.8) is 0 Å². The molecule has 0 aliphatic carbocycles. The highest BCUT2D eigenvalue weighted by atomic mass is 35.5. The predicted molar refractivity (Wildman–Crippen MR) is 84.6 cm³/mol. The molecule has 2 aromatic carbocycles. The van der Waals surface area contributed by atoms with Crippen LogP contribution in [0.1, 0.15) is 5.56 Å². The molecule has 114 valence electrons. The maximum absolute atomic E-state index is 10.4. The second-order valence-corrected chi connectivity index (χ2v) is 5.04. The van der Waals surface area contributed by atoms with Crippen molar-refractivity contribution >= 4 is 41.1 Å². The lowest BCUT2D eigenvalue weighted by atomic mass is 10.2. The largest absolute Gasteiger partial charge is 0.546 e. The number of halogens is 2. The Labute approximate surface area is 137 Å². The van der Waals surface area contributed by atoms with Crippen LogP contribution in [0.4, 0.5) is 5.69 Å². The number of carboxylic acids is 1. The quantitative estimate of drug-likeness (QED) is 0.649. The minimum absolute atomic E-state index is 0.388. The lowest BCUT2D eigenvalue weighted by Gasteiger charge is -2.09. The average Bonchev–Trinajstić information content (AvgIpc) is 2.48. The molecule has 0 bridgehead atoms. The first-order chi connectivity index (χ1) is 10.6. The van der Waals surface area contributed by atoms with Gasteiger partial charge in [0.1, 0.15) is 12.4 Å². The summed E-state index contributed by atoms with van der Waals surface area (Å²) in [5.41, 5.74) is 3.98. The van der Waals surface area contributed by atoms with Crippen molar-refractivity contribution in [2.45, 2.75) is 0 Å². The third-order valence-corrected chi connectivity index (χ3v) is 3.13. The summed E-state index contributed by atoms with van der Waals surface area (Å²) < 4.78 is 5.12. The monoisotopic (exact) mass is 337 g/mol. The molecular weight excluding hydrogens is 327 g/mol. The minimum atomic E-state index is -1.29. The summed E-state index contributed by atoms with van der Waals surface area (Å²) in [6.07, 6.45) is 1.50. The van der Waals surface area contributed by atoms with Gasteiger partial charge in [-0.2, -0.15) is 5.10 Å². The van der Waals surface area contributed by atoms with Crippen LogP contribution in [0, 0.1) is 0 Å². The van der Waals surface area contributed by atoms with Gasteiger partial charge >= 0.3 is 0 Å². The van der Waals surface area contributed by atoms with Crippen LogP contribution >= 0.6 is 23.2 Å². The number of hydrogen-bond acceptors (Lipinski definition) is 5. The van der Waals surface area contributed by atoms with Gasteiger partial charge in [-0.15, -0.1) is 0 Å². The summed E-state index contributed by atoms with van der Waals surface area (Å²) in [6, 6.07) is 11.9. The van der Waals surface area contributed by atoms with Crippen LogP contribution in [-0.2, 0) is 4.79 Å². The second kappa shape index (κ2) is 7.68. The number of carbonyl (C=O) groups excluding carboxylic acids is 1. The lowest BCUT2D eigenvalue weighted by molar-refractivity contribution is -0.307. The first-order valence-corrected chi connectivity index (χ1v) is 6.97. The molecule has 2 aromatic rings. The topological polar surface area (TPSA) is 73.8 Å². The molecule has 1 N–H and O–H groups in total. The van der Waals surface area contributed by atoms with Crippen LogP contribution in [0.3, 0.4) is 0 Å². The Balaban J connectivity index is 2.08. The molecule has 0 unspecified atom stereocenters. The number of nitrogens with one attached hydrogen (secondary N) is 1. The van der Waals surface area contributed by atoms with Crippen molar-refractivity contribution < 1.29 is 14.6 Å². The summed E-state index contributed by atoms with van der Waals surface area (Å²) in [4.78, 5) is 10.4. The van der Waals surface area contributed by atoms with Gasteiger partial charge < -0.3 is 14.6 Å². The van der Waals surface area contributed by atoms with Crippen LogP contribution in [0.25, 0.3) is 0 Å². The number of aliphatic carboxylic acids is 1. The van der Waals surface area contributed by atoms with E-state index in [-0.39, 0.29) is 0 Å². The van der Waals surface area contributed by atoms with Gasteiger partial charge in [-0.05, 0) is 30.3 Å². The summed E-state index contributed by atoms with van der Waals surface area (Å²) in [6.45, 7) is -0.526. The van der Waals surface area contributed by atoms with Gasteiger partial charge in [0.05, 0.1) is 22.9 Å². The Morgan fingerprint density at radius 1 is 1.27 bits per heavy atom. The van der Waals surface area contributed by atoms with Crippen LogP contribution in [0.15, 0.2) is 47.6 Å². The first-order valence-electron chi connectivity index (χ1n) is 6.22. The van der Waals surface area contributed by atoms with E-state index < -0.39 is 12.6 Å². The van der Waals surface area contributed by atoms with Crippen LogP contribution in [0.2, 0.25) is 10.0 Å². The number of carbonyl (C=O) groups is 1. The Morgan fingerprint density at radius 2 is 2.05 bits per heavy atom. The molecule has 0 aromatic heterocycles. The van der Waals surface area contributed by atoms with Crippen LogP contribution in [0.5, 0.6) is 5.75 Å². The number of anilines is 1. The molecule has 7 heteroatoms. The summed E-state index contributed by atoms with van der Waals surface area (Å²) in [5.74, 6) is -0.905. The Bertz CT molecular complexity index is 705. The van der Waals surface area contributed by atoms with Gasteiger partial charge in [-0.3, -0.25) is 5.43 Å². The molecule has 22 heavy (non-hydrogen) atoms. The molecule has 0 atom stereocenters.